The van der Waals surface area contributed by atoms with E-state index in [2.05, 4.69) is 19.2 Å². The summed E-state index contributed by atoms with van der Waals surface area (Å²) >= 11 is 0. The molecule has 1 heterocycles. The minimum Gasteiger partial charge on any atom is -0.300 e. The Bertz CT molecular complexity index is 421. The van der Waals surface area contributed by atoms with Crippen molar-refractivity contribution in [2.45, 2.75) is 89.3 Å². The first kappa shape index (κ1) is 15.0. The largest absolute Gasteiger partial charge is 0.300 e. The molecule has 1 N–H and O–H groups in total. The highest BCUT2D eigenvalue weighted by Crippen LogP contribution is 2.40. The number of amides is 2. The summed E-state index contributed by atoms with van der Waals surface area (Å²) in [5.74, 6) is 0.726. The van der Waals surface area contributed by atoms with Crippen LogP contribution in [0.5, 0.6) is 0 Å². The molecule has 2 amide bonds. The lowest BCUT2D eigenvalue weighted by molar-refractivity contribution is -0.142. The molecule has 1 unspecified atom stereocenters. The van der Waals surface area contributed by atoms with Crippen LogP contribution in [0, 0.1) is 5.92 Å². The highest BCUT2D eigenvalue weighted by Gasteiger charge is 2.46. The summed E-state index contributed by atoms with van der Waals surface area (Å²) in [6, 6.07) is -0.139. The highest BCUT2D eigenvalue weighted by atomic mass is 16.2. The number of carbonyl (C=O) groups is 2. The van der Waals surface area contributed by atoms with Crippen LogP contribution in [0.4, 0.5) is 0 Å². The number of hydrogen-bond acceptors (Lipinski definition) is 3. The van der Waals surface area contributed by atoms with Gasteiger partial charge in [0.15, 0.2) is 0 Å². The first-order chi connectivity index (χ1) is 9.99. The van der Waals surface area contributed by atoms with Crippen LogP contribution in [0.25, 0.3) is 0 Å². The fourth-order valence-electron chi connectivity index (χ4n) is 4.04. The third kappa shape index (κ3) is 3.15. The van der Waals surface area contributed by atoms with Crippen LogP contribution in [0.3, 0.4) is 0 Å². The van der Waals surface area contributed by atoms with E-state index < -0.39 is 0 Å². The Morgan fingerprint density at radius 2 is 1.62 bits per heavy atom. The molecule has 0 spiro atoms. The monoisotopic (exact) mass is 292 g/mol. The zero-order valence-electron chi connectivity index (χ0n) is 13.4. The van der Waals surface area contributed by atoms with Crippen LogP contribution in [-0.4, -0.2) is 34.3 Å². The fourth-order valence-corrected chi connectivity index (χ4v) is 4.04. The molecule has 4 heteroatoms. The van der Waals surface area contributed by atoms with Gasteiger partial charge in [-0.05, 0) is 45.4 Å². The lowest BCUT2D eigenvalue weighted by atomic mass is 9.97. The second kappa shape index (κ2) is 5.71. The summed E-state index contributed by atoms with van der Waals surface area (Å²) in [5, 5.41) is 3.47. The van der Waals surface area contributed by atoms with E-state index >= 15 is 0 Å². The van der Waals surface area contributed by atoms with Crippen molar-refractivity contribution in [3.05, 3.63) is 0 Å². The van der Waals surface area contributed by atoms with Crippen LogP contribution in [0.1, 0.15) is 71.6 Å². The molecule has 3 aliphatic rings. The smallest absolute Gasteiger partial charge is 0.247 e. The van der Waals surface area contributed by atoms with Gasteiger partial charge in [0.2, 0.25) is 11.8 Å². The minimum atomic E-state index is -0.295. The average Bonchev–Trinajstić information content (AvgIpc) is 3.23. The lowest BCUT2D eigenvalue weighted by Gasteiger charge is -2.30. The van der Waals surface area contributed by atoms with E-state index in [1.165, 1.54) is 25.7 Å². The summed E-state index contributed by atoms with van der Waals surface area (Å²) in [6.45, 7) is 4.33. The predicted octanol–water partition coefficient (Wildman–Crippen LogP) is 2.61. The van der Waals surface area contributed by atoms with E-state index in [1.54, 1.807) is 4.90 Å². The summed E-state index contributed by atoms with van der Waals surface area (Å²) in [4.78, 5) is 26.6. The number of nitrogens with zero attached hydrogens (tertiary/aromatic N) is 1. The maximum absolute atomic E-state index is 12.7. The Hall–Kier alpha value is -0.900. The predicted molar refractivity (Wildman–Crippen MR) is 81.7 cm³/mol. The third-order valence-corrected chi connectivity index (χ3v) is 5.52. The van der Waals surface area contributed by atoms with Crippen LogP contribution in [0.15, 0.2) is 0 Å². The van der Waals surface area contributed by atoms with Gasteiger partial charge in [-0.1, -0.05) is 25.7 Å². The van der Waals surface area contributed by atoms with Crippen LogP contribution in [-0.2, 0) is 9.59 Å². The molecule has 2 saturated carbocycles. The van der Waals surface area contributed by atoms with Crippen molar-refractivity contribution in [3.8, 4) is 0 Å². The van der Waals surface area contributed by atoms with E-state index in [0.29, 0.717) is 12.3 Å². The zero-order valence-corrected chi connectivity index (χ0v) is 13.4. The van der Waals surface area contributed by atoms with Crippen molar-refractivity contribution in [2.75, 3.05) is 0 Å². The number of imide groups is 1. The number of likely N-dealkylation sites (tertiary alicyclic amines) is 1. The van der Waals surface area contributed by atoms with Crippen LogP contribution < -0.4 is 5.32 Å². The van der Waals surface area contributed by atoms with E-state index in [9.17, 15) is 9.59 Å². The van der Waals surface area contributed by atoms with Crippen LogP contribution >= 0.6 is 0 Å². The topological polar surface area (TPSA) is 49.4 Å². The molecule has 2 aliphatic carbocycles. The molecular weight excluding hydrogens is 264 g/mol. The average molecular weight is 292 g/mol. The van der Waals surface area contributed by atoms with Crippen molar-refractivity contribution in [1.29, 1.82) is 0 Å². The lowest BCUT2D eigenvalue weighted by Crippen LogP contribution is -2.51. The molecule has 118 valence electrons. The van der Waals surface area contributed by atoms with Gasteiger partial charge in [0.25, 0.3) is 0 Å². The summed E-state index contributed by atoms with van der Waals surface area (Å²) in [6.07, 6.45) is 9.59. The van der Waals surface area contributed by atoms with Gasteiger partial charge in [0.05, 0.1) is 12.5 Å². The molecule has 3 fully saturated rings. The quantitative estimate of drug-likeness (QED) is 0.640. The van der Waals surface area contributed by atoms with Crippen molar-refractivity contribution in [2.24, 2.45) is 5.92 Å². The van der Waals surface area contributed by atoms with Gasteiger partial charge in [0.1, 0.15) is 0 Å². The number of rotatable bonds is 4. The molecule has 0 aromatic rings. The van der Waals surface area contributed by atoms with Gasteiger partial charge in [0, 0.05) is 11.6 Å². The first-order valence-electron chi connectivity index (χ1n) is 8.62. The van der Waals surface area contributed by atoms with Crippen molar-refractivity contribution < 1.29 is 9.59 Å². The molecule has 1 saturated heterocycles. The molecule has 1 atom stereocenters. The standard InChI is InChI=1S/C17H28N2O2/c1-17(2,12-9-10-12)18-14-11-15(20)19(16(14)21)13-7-5-3-4-6-8-13/h12-14,18H,3-11H2,1-2H3. The van der Waals surface area contributed by atoms with Crippen molar-refractivity contribution >= 4 is 11.8 Å². The third-order valence-electron chi connectivity index (χ3n) is 5.52. The van der Waals surface area contributed by atoms with E-state index in [1.807, 2.05) is 0 Å². The van der Waals surface area contributed by atoms with E-state index in [0.717, 1.165) is 25.7 Å². The molecule has 0 aromatic carbocycles. The molecule has 0 radical (unpaired) electrons. The molecule has 0 aromatic heterocycles. The summed E-state index contributed by atoms with van der Waals surface area (Å²) < 4.78 is 0. The van der Waals surface area contributed by atoms with E-state index in [-0.39, 0.29) is 29.4 Å². The Kier molecular flexibility index (Phi) is 4.08. The highest BCUT2D eigenvalue weighted by molar-refractivity contribution is 6.05. The SMILES string of the molecule is CC(C)(NC1CC(=O)N(C2CCCCCC2)C1=O)C1CC1. The number of hydrogen-bond donors (Lipinski definition) is 1. The molecule has 21 heavy (non-hydrogen) atoms. The molecule has 4 nitrogen and oxygen atoms in total. The summed E-state index contributed by atoms with van der Waals surface area (Å²) in [7, 11) is 0. The van der Waals surface area contributed by atoms with Gasteiger partial charge in [-0.3, -0.25) is 14.5 Å². The Balaban J connectivity index is 1.66. The molecule has 0 bridgehead atoms. The second-order valence-corrected chi connectivity index (χ2v) is 7.64. The zero-order chi connectivity index (χ0) is 15.0. The number of nitrogens with one attached hydrogen (secondary N) is 1. The Morgan fingerprint density at radius 1 is 1.00 bits per heavy atom. The Morgan fingerprint density at radius 3 is 2.19 bits per heavy atom. The first-order valence-corrected chi connectivity index (χ1v) is 8.62. The van der Waals surface area contributed by atoms with Gasteiger partial charge in [-0.15, -0.1) is 0 Å². The second-order valence-electron chi connectivity index (χ2n) is 7.64. The van der Waals surface area contributed by atoms with Crippen molar-refractivity contribution in [3.63, 3.8) is 0 Å². The minimum absolute atomic E-state index is 0.0277. The molecule has 3 rings (SSSR count). The van der Waals surface area contributed by atoms with Crippen molar-refractivity contribution in [1.82, 2.24) is 10.2 Å². The normalized spacial score (nSPS) is 29.0. The van der Waals surface area contributed by atoms with Gasteiger partial charge >= 0.3 is 0 Å². The Labute approximate surface area is 127 Å². The number of carbonyl (C=O) groups excluding carboxylic acids is 2. The molecule has 1 aliphatic heterocycles. The molecular formula is C17H28N2O2. The van der Waals surface area contributed by atoms with Gasteiger partial charge < -0.3 is 5.32 Å². The summed E-state index contributed by atoms with van der Waals surface area (Å²) in [5.41, 5.74) is -0.0277. The van der Waals surface area contributed by atoms with E-state index in [4.69, 9.17) is 0 Å². The maximum atomic E-state index is 12.7. The van der Waals surface area contributed by atoms with Gasteiger partial charge in [-0.25, -0.2) is 0 Å². The van der Waals surface area contributed by atoms with Gasteiger partial charge in [-0.2, -0.15) is 0 Å². The fraction of sp³-hybridized carbons (Fsp3) is 0.882. The maximum Gasteiger partial charge on any atom is 0.247 e. The van der Waals surface area contributed by atoms with Crippen LogP contribution in [0.2, 0.25) is 0 Å².